The lowest BCUT2D eigenvalue weighted by atomic mass is 10.1. The molecule has 21 heavy (non-hydrogen) atoms. The Labute approximate surface area is 127 Å². The molecule has 0 aliphatic rings. The molecule has 0 atom stereocenters. The first-order chi connectivity index (χ1) is 10.1. The molecule has 1 heterocycles. The minimum absolute atomic E-state index is 0.0572. The fraction of sp³-hybridized carbons (Fsp3) is 0.118. The van der Waals surface area contributed by atoms with Crippen molar-refractivity contribution in [1.29, 1.82) is 0 Å². The van der Waals surface area contributed by atoms with E-state index < -0.39 is 0 Å². The van der Waals surface area contributed by atoms with Crippen LogP contribution in [-0.2, 0) is 6.54 Å². The number of rotatable bonds is 3. The number of fused-ring (bicyclic) bond motifs is 1. The van der Waals surface area contributed by atoms with Gasteiger partial charge in [0.2, 0.25) is 0 Å². The topological polar surface area (TPSA) is 44.9 Å². The van der Waals surface area contributed by atoms with E-state index >= 15 is 0 Å². The Morgan fingerprint density at radius 2 is 1.90 bits per heavy atom. The SMILES string of the molecule is Cc1cccc2cc(CNc3ccc(Cl)cc3)c(=O)[nH]c12. The molecular weight excluding hydrogens is 284 g/mol. The Kier molecular flexibility index (Phi) is 3.67. The third kappa shape index (κ3) is 2.93. The van der Waals surface area contributed by atoms with Crippen molar-refractivity contribution in [1.82, 2.24) is 4.98 Å². The number of H-pyrrole nitrogens is 1. The monoisotopic (exact) mass is 298 g/mol. The summed E-state index contributed by atoms with van der Waals surface area (Å²) in [7, 11) is 0. The van der Waals surface area contributed by atoms with Crippen LogP contribution in [0.1, 0.15) is 11.1 Å². The Bertz CT molecular complexity index is 838. The first-order valence-electron chi connectivity index (χ1n) is 6.74. The van der Waals surface area contributed by atoms with Gasteiger partial charge in [0.25, 0.3) is 5.56 Å². The van der Waals surface area contributed by atoms with Gasteiger partial charge < -0.3 is 10.3 Å². The number of hydrogen-bond acceptors (Lipinski definition) is 2. The second kappa shape index (κ2) is 5.62. The average molecular weight is 299 g/mol. The number of aromatic amines is 1. The minimum Gasteiger partial charge on any atom is -0.381 e. The van der Waals surface area contributed by atoms with E-state index in [2.05, 4.69) is 10.3 Å². The fourth-order valence-electron chi connectivity index (χ4n) is 2.32. The maximum Gasteiger partial charge on any atom is 0.253 e. The van der Waals surface area contributed by atoms with Gasteiger partial charge in [0.15, 0.2) is 0 Å². The van der Waals surface area contributed by atoms with Crippen molar-refractivity contribution in [2.24, 2.45) is 0 Å². The maximum atomic E-state index is 12.1. The molecule has 2 N–H and O–H groups in total. The molecular formula is C17H15ClN2O. The molecule has 2 aromatic carbocycles. The van der Waals surface area contributed by atoms with Gasteiger partial charge in [0, 0.05) is 22.8 Å². The lowest BCUT2D eigenvalue weighted by molar-refractivity contribution is 1.09. The van der Waals surface area contributed by atoms with Crippen molar-refractivity contribution >= 4 is 28.2 Å². The first-order valence-corrected chi connectivity index (χ1v) is 7.12. The van der Waals surface area contributed by atoms with Crippen LogP contribution in [0.15, 0.2) is 53.3 Å². The number of aromatic nitrogens is 1. The summed E-state index contributed by atoms with van der Waals surface area (Å²) in [6, 6.07) is 15.3. The highest BCUT2D eigenvalue weighted by Gasteiger charge is 2.04. The zero-order chi connectivity index (χ0) is 14.8. The maximum absolute atomic E-state index is 12.1. The zero-order valence-electron chi connectivity index (χ0n) is 11.6. The molecule has 0 bridgehead atoms. The van der Waals surface area contributed by atoms with Gasteiger partial charge in [-0.1, -0.05) is 29.8 Å². The van der Waals surface area contributed by atoms with E-state index in [-0.39, 0.29) is 5.56 Å². The molecule has 3 nitrogen and oxygen atoms in total. The van der Waals surface area contributed by atoms with Gasteiger partial charge in [-0.2, -0.15) is 0 Å². The van der Waals surface area contributed by atoms with Gasteiger partial charge in [-0.25, -0.2) is 0 Å². The number of aryl methyl sites for hydroxylation is 1. The molecule has 4 heteroatoms. The largest absolute Gasteiger partial charge is 0.381 e. The van der Waals surface area contributed by atoms with E-state index in [1.807, 2.05) is 55.5 Å². The minimum atomic E-state index is -0.0572. The number of pyridine rings is 1. The molecule has 3 aromatic rings. The molecule has 0 radical (unpaired) electrons. The Balaban J connectivity index is 1.89. The number of para-hydroxylation sites is 1. The highest BCUT2D eigenvalue weighted by molar-refractivity contribution is 6.30. The smallest absolute Gasteiger partial charge is 0.253 e. The van der Waals surface area contributed by atoms with Gasteiger partial charge in [-0.3, -0.25) is 4.79 Å². The Morgan fingerprint density at radius 1 is 1.14 bits per heavy atom. The fourth-order valence-corrected chi connectivity index (χ4v) is 2.45. The van der Waals surface area contributed by atoms with Crippen LogP contribution in [0.4, 0.5) is 5.69 Å². The van der Waals surface area contributed by atoms with Crippen LogP contribution in [0.25, 0.3) is 10.9 Å². The van der Waals surface area contributed by atoms with Crippen LogP contribution in [0.2, 0.25) is 5.02 Å². The van der Waals surface area contributed by atoms with E-state index in [4.69, 9.17) is 11.6 Å². The molecule has 1 aromatic heterocycles. The number of nitrogens with one attached hydrogen (secondary N) is 2. The van der Waals surface area contributed by atoms with Crippen molar-refractivity contribution in [3.05, 3.63) is 75.0 Å². The highest BCUT2D eigenvalue weighted by Crippen LogP contribution is 2.17. The Morgan fingerprint density at radius 3 is 2.67 bits per heavy atom. The van der Waals surface area contributed by atoms with Crippen LogP contribution in [0, 0.1) is 6.92 Å². The summed E-state index contributed by atoms with van der Waals surface area (Å²) in [5, 5.41) is 4.97. The highest BCUT2D eigenvalue weighted by atomic mass is 35.5. The summed E-state index contributed by atoms with van der Waals surface area (Å²) in [5.41, 5.74) is 3.56. The summed E-state index contributed by atoms with van der Waals surface area (Å²) in [6.45, 7) is 2.46. The molecule has 0 fully saturated rings. The van der Waals surface area contributed by atoms with Crippen LogP contribution in [0.3, 0.4) is 0 Å². The van der Waals surface area contributed by atoms with E-state index in [1.54, 1.807) is 0 Å². The quantitative estimate of drug-likeness (QED) is 0.764. The predicted molar refractivity (Wildman–Crippen MR) is 88.1 cm³/mol. The van der Waals surface area contributed by atoms with E-state index in [0.717, 1.165) is 22.2 Å². The molecule has 0 spiro atoms. The molecule has 0 aliphatic carbocycles. The van der Waals surface area contributed by atoms with E-state index in [9.17, 15) is 4.79 Å². The molecule has 0 amide bonds. The van der Waals surface area contributed by atoms with Crippen LogP contribution >= 0.6 is 11.6 Å². The molecule has 0 aliphatic heterocycles. The zero-order valence-corrected chi connectivity index (χ0v) is 12.4. The first kappa shape index (κ1) is 13.7. The van der Waals surface area contributed by atoms with Gasteiger partial charge in [-0.15, -0.1) is 0 Å². The average Bonchev–Trinajstić information content (AvgIpc) is 2.48. The van der Waals surface area contributed by atoms with Crippen molar-refractivity contribution < 1.29 is 0 Å². The normalized spacial score (nSPS) is 10.8. The van der Waals surface area contributed by atoms with Crippen molar-refractivity contribution in [3.8, 4) is 0 Å². The Hall–Kier alpha value is -2.26. The number of halogens is 1. The van der Waals surface area contributed by atoms with Crippen LogP contribution in [0.5, 0.6) is 0 Å². The summed E-state index contributed by atoms with van der Waals surface area (Å²) in [4.78, 5) is 15.1. The van der Waals surface area contributed by atoms with Gasteiger partial charge >= 0.3 is 0 Å². The van der Waals surface area contributed by atoms with Crippen LogP contribution in [-0.4, -0.2) is 4.98 Å². The standard InChI is InChI=1S/C17H15ClN2O/c1-11-3-2-4-12-9-13(17(21)20-16(11)12)10-19-15-7-5-14(18)6-8-15/h2-9,19H,10H2,1H3,(H,20,21). The van der Waals surface area contributed by atoms with Gasteiger partial charge in [-0.05, 0) is 48.2 Å². The third-order valence-electron chi connectivity index (χ3n) is 3.49. The molecule has 106 valence electrons. The number of hydrogen-bond donors (Lipinski definition) is 2. The lowest BCUT2D eigenvalue weighted by Gasteiger charge is -2.08. The number of benzene rings is 2. The van der Waals surface area contributed by atoms with Crippen molar-refractivity contribution in [3.63, 3.8) is 0 Å². The molecule has 0 saturated carbocycles. The predicted octanol–water partition coefficient (Wildman–Crippen LogP) is 4.10. The van der Waals surface area contributed by atoms with Gasteiger partial charge in [0.05, 0.1) is 5.52 Å². The summed E-state index contributed by atoms with van der Waals surface area (Å²) < 4.78 is 0. The van der Waals surface area contributed by atoms with Crippen molar-refractivity contribution in [2.45, 2.75) is 13.5 Å². The second-order valence-electron chi connectivity index (χ2n) is 5.02. The molecule has 0 saturated heterocycles. The molecule has 3 rings (SSSR count). The summed E-state index contributed by atoms with van der Waals surface area (Å²) in [6.07, 6.45) is 0. The van der Waals surface area contributed by atoms with Gasteiger partial charge in [0.1, 0.15) is 0 Å². The lowest BCUT2D eigenvalue weighted by Crippen LogP contribution is -2.15. The van der Waals surface area contributed by atoms with Crippen molar-refractivity contribution in [2.75, 3.05) is 5.32 Å². The third-order valence-corrected chi connectivity index (χ3v) is 3.74. The van der Waals surface area contributed by atoms with E-state index in [1.165, 1.54) is 0 Å². The van der Waals surface area contributed by atoms with Crippen LogP contribution < -0.4 is 10.9 Å². The second-order valence-corrected chi connectivity index (χ2v) is 5.46. The summed E-state index contributed by atoms with van der Waals surface area (Å²) in [5.74, 6) is 0. The summed E-state index contributed by atoms with van der Waals surface area (Å²) >= 11 is 5.85. The van der Waals surface area contributed by atoms with E-state index in [0.29, 0.717) is 17.1 Å². The number of anilines is 1. The molecule has 0 unspecified atom stereocenters.